The number of carbonyl (C=O) groups excluding carboxylic acids is 1. The molecular weight excluding hydrogens is 180 g/mol. The van der Waals surface area contributed by atoms with Gasteiger partial charge < -0.3 is 16.0 Å². The molecule has 4 N–H and O–H groups in total. The molecule has 0 aliphatic heterocycles. The first-order valence-electron chi connectivity index (χ1n) is 4.18. The number of para-hydroxylation sites is 1. The molecule has 5 heteroatoms. The monoisotopic (exact) mass is 190 g/mol. The van der Waals surface area contributed by atoms with Crippen molar-refractivity contribution in [2.45, 2.75) is 6.92 Å². The Bertz CT molecular complexity index is 489. The Hall–Kier alpha value is -2.04. The fraction of sp³-hybridized carbons (Fsp3) is 0.111. The lowest BCUT2D eigenvalue weighted by Gasteiger charge is -2.01. The number of imidazole rings is 1. The van der Waals surface area contributed by atoms with Gasteiger partial charge in [0.1, 0.15) is 5.52 Å². The highest BCUT2D eigenvalue weighted by atomic mass is 16.1. The third-order valence-corrected chi connectivity index (χ3v) is 1.84. The Labute approximate surface area is 80.3 Å². The van der Waals surface area contributed by atoms with Crippen LogP contribution in [0.5, 0.6) is 0 Å². The normalized spacial score (nSPS) is 10.4. The molecule has 0 bridgehead atoms. The van der Waals surface area contributed by atoms with Crippen LogP contribution < -0.4 is 11.1 Å². The van der Waals surface area contributed by atoms with Gasteiger partial charge in [-0.15, -0.1) is 0 Å². The molecule has 1 amide bonds. The van der Waals surface area contributed by atoms with Crippen molar-refractivity contribution in [3.05, 3.63) is 18.2 Å². The SMILES string of the molecule is CC(=O)Nc1cccc2[nH]c(N)nc12. The summed E-state index contributed by atoms with van der Waals surface area (Å²) in [6.45, 7) is 1.45. The predicted molar refractivity (Wildman–Crippen MR) is 54.8 cm³/mol. The molecule has 1 aromatic heterocycles. The first-order chi connectivity index (χ1) is 6.66. The summed E-state index contributed by atoms with van der Waals surface area (Å²) in [6.07, 6.45) is 0. The Kier molecular flexibility index (Phi) is 1.85. The first-order valence-corrected chi connectivity index (χ1v) is 4.18. The standard InChI is InChI=1S/C9H10N4O/c1-5(14)11-6-3-2-4-7-8(6)13-9(10)12-7/h2-4H,1H3,(H,11,14)(H3,10,12,13). The van der Waals surface area contributed by atoms with Crippen molar-refractivity contribution in [2.75, 3.05) is 11.1 Å². The molecule has 0 saturated carbocycles. The van der Waals surface area contributed by atoms with E-state index >= 15 is 0 Å². The van der Waals surface area contributed by atoms with Crippen molar-refractivity contribution >= 4 is 28.6 Å². The van der Waals surface area contributed by atoms with E-state index < -0.39 is 0 Å². The van der Waals surface area contributed by atoms with Gasteiger partial charge in [-0.3, -0.25) is 4.79 Å². The number of nitrogens with zero attached hydrogens (tertiary/aromatic N) is 1. The number of nitrogens with two attached hydrogens (primary N) is 1. The molecule has 0 aliphatic carbocycles. The minimum Gasteiger partial charge on any atom is -0.369 e. The van der Waals surface area contributed by atoms with E-state index in [0.717, 1.165) is 5.52 Å². The number of nitrogen functional groups attached to an aromatic ring is 1. The number of nitrogens with one attached hydrogen (secondary N) is 2. The highest BCUT2D eigenvalue weighted by Gasteiger charge is 2.05. The Morgan fingerprint density at radius 1 is 1.57 bits per heavy atom. The molecule has 2 rings (SSSR count). The third-order valence-electron chi connectivity index (χ3n) is 1.84. The van der Waals surface area contributed by atoms with E-state index in [1.54, 1.807) is 6.07 Å². The third kappa shape index (κ3) is 1.39. The minimum atomic E-state index is -0.126. The average Bonchev–Trinajstić information content (AvgIpc) is 2.45. The second kappa shape index (κ2) is 3.02. The molecule has 0 aliphatic rings. The maximum absolute atomic E-state index is 10.9. The predicted octanol–water partition coefficient (Wildman–Crippen LogP) is 1.10. The molecule has 0 radical (unpaired) electrons. The van der Waals surface area contributed by atoms with Crippen molar-refractivity contribution in [3.63, 3.8) is 0 Å². The van der Waals surface area contributed by atoms with Crippen molar-refractivity contribution in [1.82, 2.24) is 9.97 Å². The number of aromatic amines is 1. The lowest BCUT2D eigenvalue weighted by molar-refractivity contribution is -0.114. The molecular formula is C9H10N4O. The molecule has 1 heterocycles. The molecule has 14 heavy (non-hydrogen) atoms. The summed E-state index contributed by atoms with van der Waals surface area (Å²) >= 11 is 0. The van der Waals surface area contributed by atoms with Gasteiger partial charge in [0.15, 0.2) is 5.95 Å². The molecule has 0 fully saturated rings. The van der Waals surface area contributed by atoms with E-state index in [-0.39, 0.29) is 5.91 Å². The lowest BCUT2D eigenvalue weighted by Crippen LogP contribution is -2.05. The van der Waals surface area contributed by atoms with E-state index in [0.29, 0.717) is 17.2 Å². The van der Waals surface area contributed by atoms with E-state index in [2.05, 4.69) is 15.3 Å². The number of H-pyrrole nitrogens is 1. The molecule has 0 atom stereocenters. The zero-order chi connectivity index (χ0) is 10.1. The van der Waals surface area contributed by atoms with E-state index in [1.165, 1.54) is 6.92 Å². The topological polar surface area (TPSA) is 83.8 Å². The maximum atomic E-state index is 10.9. The quantitative estimate of drug-likeness (QED) is 0.629. The van der Waals surface area contributed by atoms with Crippen LogP contribution in [0.4, 0.5) is 11.6 Å². The van der Waals surface area contributed by atoms with E-state index in [9.17, 15) is 4.79 Å². The number of fused-ring (bicyclic) bond motifs is 1. The van der Waals surface area contributed by atoms with Gasteiger partial charge in [-0.05, 0) is 12.1 Å². The lowest BCUT2D eigenvalue weighted by atomic mass is 10.2. The second-order valence-electron chi connectivity index (χ2n) is 3.00. The molecule has 72 valence electrons. The average molecular weight is 190 g/mol. The number of anilines is 2. The molecule has 5 nitrogen and oxygen atoms in total. The summed E-state index contributed by atoms with van der Waals surface area (Å²) in [5.41, 5.74) is 7.67. The van der Waals surface area contributed by atoms with Crippen LogP contribution in [-0.2, 0) is 4.79 Å². The Morgan fingerprint density at radius 3 is 3.07 bits per heavy atom. The zero-order valence-electron chi connectivity index (χ0n) is 7.66. The molecule has 2 aromatic rings. The van der Waals surface area contributed by atoms with Gasteiger partial charge in [0, 0.05) is 6.92 Å². The molecule has 0 spiro atoms. The van der Waals surface area contributed by atoms with Gasteiger partial charge in [-0.25, -0.2) is 4.98 Å². The molecule has 0 saturated heterocycles. The van der Waals surface area contributed by atoms with Crippen molar-refractivity contribution in [3.8, 4) is 0 Å². The smallest absolute Gasteiger partial charge is 0.221 e. The van der Waals surface area contributed by atoms with Gasteiger partial charge in [0.2, 0.25) is 5.91 Å². The van der Waals surface area contributed by atoms with Crippen LogP contribution in [0.3, 0.4) is 0 Å². The Morgan fingerprint density at radius 2 is 2.36 bits per heavy atom. The van der Waals surface area contributed by atoms with Gasteiger partial charge in [-0.2, -0.15) is 0 Å². The van der Waals surface area contributed by atoms with Crippen molar-refractivity contribution in [2.24, 2.45) is 0 Å². The highest BCUT2D eigenvalue weighted by molar-refractivity contribution is 5.98. The second-order valence-corrected chi connectivity index (χ2v) is 3.00. The molecule has 1 aromatic carbocycles. The Balaban J connectivity index is 2.58. The summed E-state index contributed by atoms with van der Waals surface area (Å²) in [5.74, 6) is 0.219. The van der Waals surface area contributed by atoms with Crippen LogP contribution in [0, 0.1) is 0 Å². The molecule has 0 unspecified atom stereocenters. The summed E-state index contributed by atoms with van der Waals surface area (Å²) in [6, 6.07) is 5.46. The number of rotatable bonds is 1. The summed E-state index contributed by atoms with van der Waals surface area (Å²) in [5, 5.41) is 2.68. The van der Waals surface area contributed by atoms with Crippen LogP contribution in [-0.4, -0.2) is 15.9 Å². The van der Waals surface area contributed by atoms with Crippen LogP contribution >= 0.6 is 0 Å². The summed E-state index contributed by atoms with van der Waals surface area (Å²) < 4.78 is 0. The van der Waals surface area contributed by atoms with Crippen molar-refractivity contribution < 1.29 is 4.79 Å². The van der Waals surface area contributed by atoms with Crippen molar-refractivity contribution in [1.29, 1.82) is 0 Å². The summed E-state index contributed by atoms with van der Waals surface area (Å²) in [4.78, 5) is 17.8. The van der Waals surface area contributed by atoms with Gasteiger partial charge in [0.25, 0.3) is 0 Å². The van der Waals surface area contributed by atoms with Gasteiger partial charge in [-0.1, -0.05) is 6.07 Å². The van der Waals surface area contributed by atoms with Crippen LogP contribution in [0.25, 0.3) is 11.0 Å². The highest BCUT2D eigenvalue weighted by Crippen LogP contribution is 2.21. The number of amides is 1. The summed E-state index contributed by atoms with van der Waals surface area (Å²) in [7, 11) is 0. The van der Waals surface area contributed by atoms with Gasteiger partial charge in [0.05, 0.1) is 11.2 Å². The zero-order valence-corrected chi connectivity index (χ0v) is 7.66. The minimum absolute atomic E-state index is 0.126. The van der Waals surface area contributed by atoms with E-state index in [1.807, 2.05) is 12.1 Å². The number of carbonyl (C=O) groups is 1. The first kappa shape index (κ1) is 8.55. The maximum Gasteiger partial charge on any atom is 0.221 e. The van der Waals surface area contributed by atoms with Gasteiger partial charge >= 0.3 is 0 Å². The number of benzene rings is 1. The fourth-order valence-electron chi connectivity index (χ4n) is 1.34. The van der Waals surface area contributed by atoms with E-state index in [4.69, 9.17) is 5.73 Å². The number of aromatic nitrogens is 2. The number of hydrogen-bond donors (Lipinski definition) is 3. The van der Waals surface area contributed by atoms with Crippen LogP contribution in [0.15, 0.2) is 18.2 Å². The van der Waals surface area contributed by atoms with Crippen LogP contribution in [0.1, 0.15) is 6.92 Å². The number of hydrogen-bond acceptors (Lipinski definition) is 3. The largest absolute Gasteiger partial charge is 0.369 e. The fourth-order valence-corrected chi connectivity index (χ4v) is 1.34. The van der Waals surface area contributed by atoms with Crippen LogP contribution in [0.2, 0.25) is 0 Å².